The van der Waals surface area contributed by atoms with Crippen molar-refractivity contribution >= 4 is 34.9 Å². The number of halogens is 1. The van der Waals surface area contributed by atoms with E-state index in [1.807, 2.05) is 35.2 Å². The van der Waals surface area contributed by atoms with Gasteiger partial charge in [-0.1, -0.05) is 30.3 Å². The number of hydrogen-bond acceptors (Lipinski definition) is 9. The minimum Gasteiger partial charge on any atom is -0.480 e. The van der Waals surface area contributed by atoms with Gasteiger partial charge in [0.25, 0.3) is 0 Å². The molecule has 0 aliphatic carbocycles. The van der Waals surface area contributed by atoms with Gasteiger partial charge in [-0.3, -0.25) is 9.69 Å². The summed E-state index contributed by atoms with van der Waals surface area (Å²) in [7, 11) is 0. The van der Waals surface area contributed by atoms with E-state index in [9.17, 15) is 9.90 Å². The Morgan fingerprint density at radius 2 is 1.67 bits per heavy atom. The maximum absolute atomic E-state index is 15.4. The molecule has 0 radical (unpaired) electrons. The number of hydrogen-bond donors (Lipinski definition) is 3. The summed E-state index contributed by atoms with van der Waals surface area (Å²) in [4.78, 5) is 27.8. The molecule has 4 aromatic rings. The molecule has 5 aliphatic rings. The normalized spacial score (nSPS) is 20.3. The number of nitrogens with zero attached hydrogens (tertiary/aromatic N) is 7. The third kappa shape index (κ3) is 5.10. The highest BCUT2D eigenvalue weighted by Crippen LogP contribution is 2.47. The monoisotopic (exact) mass is 623 g/mol. The van der Waals surface area contributed by atoms with Crippen LogP contribution in [-0.2, 0) is 4.79 Å². The zero-order chi connectivity index (χ0) is 31.4. The first kappa shape index (κ1) is 28.7. The van der Waals surface area contributed by atoms with Crippen LogP contribution >= 0.6 is 0 Å². The molecule has 2 aromatic heterocycles. The van der Waals surface area contributed by atoms with Crippen molar-refractivity contribution in [2.24, 2.45) is 0 Å². The number of benzene rings is 2. The predicted octanol–water partition coefficient (Wildman–Crippen LogP) is 5.01. The molecule has 2 aromatic carbocycles. The van der Waals surface area contributed by atoms with Gasteiger partial charge in [0.15, 0.2) is 5.82 Å². The Hall–Kier alpha value is -4.71. The van der Waals surface area contributed by atoms with Crippen LogP contribution < -0.4 is 20.9 Å². The van der Waals surface area contributed by atoms with E-state index < -0.39 is 12.0 Å². The molecule has 1 atom stereocenters. The highest BCUT2D eigenvalue weighted by atomic mass is 19.1. The Morgan fingerprint density at radius 3 is 2.41 bits per heavy atom. The molecule has 2 bridgehead atoms. The molecule has 0 unspecified atom stereocenters. The average molecular weight is 624 g/mol. The van der Waals surface area contributed by atoms with Gasteiger partial charge < -0.3 is 26.0 Å². The first-order valence-corrected chi connectivity index (χ1v) is 16.3. The minimum atomic E-state index is -0.740. The van der Waals surface area contributed by atoms with Crippen LogP contribution in [-0.4, -0.2) is 80.5 Å². The highest BCUT2D eigenvalue weighted by Gasteiger charge is 2.37. The number of fused-ring (bicyclic) bond motifs is 2. The molecule has 3 saturated heterocycles. The first-order valence-electron chi connectivity index (χ1n) is 16.3. The van der Waals surface area contributed by atoms with Crippen LogP contribution in [0.15, 0.2) is 54.6 Å². The predicted molar refractivity (Wildman–Crippen MR) is 175 cm³/mol. The van der Waals surface area contributed by atoms with Crippen molar-refractivity contribution in [1.82, 2.24) is 24.6 Å². The standard InChI is InChI=1S/C34H38FN9O2/c35-26-19-23(8-9-27(26)41-17-12-24(13-18-41)43-14-4-7-28(43)32(45)46)37-34-39-33(36)44(40-34)29-20-25(21-5-2-1-3-6-21)31-30(38-29)22-10-15-42(31)16-11-22/h1-3,5-6,8-9,19-20,22,24,28H,4,7,10-18H2,(H,45,46)(H3,36,37,39,40)/t28-/m0/s1. The van der Waals surface area contributed by atoms with E-state index in [1.54, 1.807) is 10.7 Å². The number of carbonyl (C=O) groups is 1. The molecule has 3 fully saturated rings. The smallest absolute Gasteiger partial charge is 0.320 e. The molecular formula is C34H38FN9O2. The van der Waals surface area contributed by atoms with Crippen LogP contribution in [0.5, 0.6) is 0 Å². The van der Waals surface area contributed by atoms with Gasteiger partial charge in [-0.05, 0) is 74.9 Å². The molecular weight excluding hydrogens is 585 g/mol. The number of likely N-dealkylation sites (tertiary alicyclic amines) is 1. The van der Waals surface area contributed by atoms with E-state index in [0.29, 0.717) is 42.6 Å². The van der Waals surface area contributed by atoms with Gasteiger partial charge in [0.2, 0.25) is 11.9 Å². The second-order valence-corrected chi connectivity index (χ2v) is 12.8. The summed E-state index contributed by atoms with van der Waals surface area (Å²) in [5.41, 5.74) is 12.0. The number of carboxylic acids is 1. The number of anilines is 5. The largest absolute Gasteiger partial charge is 0.480 e. The van der Waals surface area contributed by atoms with E-state index >= 15 is 4.39 Å². The van der Waals surface area contributed by atoms with Gasteiger partial charge in [0.05, 0.1) is 17.1 Å². The van der Waals surface area contributed by atoms with Crippen molar-refractivity contribution in [3.8, 4) is 16.9 Å². The Bertz CT molecular complexity index is 1760. The Kier molecular flexibility index (Phi) is 7.24. The fourth-order valence-corrected chi connectivity index (χ4v) is 7.93. The Morgan fingerprint density at radius 1 is 0.913 bits per heavy atom. The van der Waals surface area contributed by atoms with Crippen molar-refractivity contribution in [2.75, 3.05) is 53.6 Å². The number of nitrogens with two attached hydrogens (primary N) is 1. The first-order chi connectivity index (χ1) is 22.4. The van der Waals surface area contributed by atoms with Crippen LogP contribution in [0.25, 0.3) is 16.9 Å². The SMILES string of the molecule is Nc1nc(Nc2ccc(N3CCC(N4CCC[C@H]4C(=O)O)CC3)c(F)c2)nn1-c1cc(-c2ccccc2)c2c(n1)C1CCN2CC1. The zero-order valence-corrected chi connectivity index (χ0v) is 25.6. The molecule has 5 aliphatic heterocycles. The molecule has 11 nitrogen and oxygen atoms in total. The van der Waals surface area contributed by atoms with Crippen molar-refractivity contribution in [3.05, 3.63) is 66.1 Å². The number of aliphatic carboxylic acids is 1. The number of piperidine rings is 2. The van der Waals surface area contributed by atoms with Crippen molar-refractivity contribution < 1.29 is 14.3 Å². The zero-order valence-electron chi connectivity index (χ0n) is 25.6. The lowest BCUT2D eigenvalue weighted by Crippen LogP contribution is -2.49. The average Bonchev–Trinajstić information content (AvgIpc) is 3.72. The number of nitrogens with one attached hydrogen (secondary N) is 1. The summed E-state index contributed by atoms with van der Waals surface area (Å²) >= 11 is 0. The fourth-order valence-electron chi connectivity index (χ4n) is 7.93. The van der Waals surface area contributed by atoms with E-state index in [1.165, 1.54) is 11.8 Å². The quantitative estimate of drug-likeness (QED) is 0.258. The topological polar surface area (TPSA) is 129 Å². The minimum absolute atomic E-state index is 0.193. The molecule has 7 heterocycles. The molecule has 12 heteroatoms. The maximum Gasteiger partial charge on any atom is 0.320 e. The van der Waals surface area contributed by atoms with Crippen molar-refractivity contribution in [3.63, 3.8) is 0 Å². The molecule has 4 N–H and O–H groups in total. The molecule has 0 amide bonds. The lowest BCUT2D eigenvalue weighted by molar-refractivity contribution is -0.143. The van der Waals surface area contributed by atoms with E-state index in [0.717, 1.165) is 68.6 Å². The van der Waals surface area contributed by atoms with Crippen molar-refractivity contribution in [1.29, 1.82) is 0 Å². The summed E-state index contributed by atoms with van der Waals surface area (Å²) in [6.07, 6.45) is 5.41. The van der Waals surface area contributed by atoms with Gasteiger partial charge in [-0.2, -0.15) is 9.67 Å². The van der Waals surface area contributed by atoms with Gasteiger partial charge in [-0.25, -0.2) is 9.37 Å². The number of nitrogen functional groups attached to an aromatic ring is 1. The van der Waals surface area contributed by atoms with Gasteiger partial charge in [0, 0.05) is 49.4 Å². The number of pyridine rings is 1. The highest BCUT2D eigenvalue weighted by molar-refractivity contribution is 5.83. The molecule has 0 saturated carbocycles. The fraction of sp³-hybridized carbons (Fsp3) is 0.412. The van der Waals surface area contributed by atoms with E-state index in [-0.39, 0.29) is 23.8 Å². The van der Waals surface area contributed by atoms with Gasteiger partial charge in [-0.15, -0.1) is 5.10 Å². The third-order valence-corrected chi connectivity index (χ3v) is 10.2. The van der Waals surface area contributed by atoms with Crippen LogP contribution in [0.3, 0.4) is 0 Å². The lowest BCUT2D eigenvalue weighted by atomic mass is 9.84. The van der Waals surface area contributed by atoms with Gasteiger partial charge in [0.1, 0.15) is 11.9 Å². The summed E-state index contributed by atoms with van der Waals surface area (Å²) in [5, 5.41) is 17.3. The van der Waals surface area contributed by atoms with E-state index in [4.69, 9.17) is 10.7 Å². The van der Waals surface area contributed by atoms with Crippen LogP contribution in [0.1, 0.15) is 50.1 Å². The summed E-state index contributed by atoms with van der Waals surface area (Å²) < 4.78 is 17.0. The molecule has 238 valence electrons. The third-order valence-electron chi connectivity index (χ3n) is 10.2. The summed E-state index contributed by atoms with van der Waals surface area (Å²) in [5.74, 6) is 0.385. The number of carboxylic acid groups (broad SMARTS) is 1. The summed E-state index contributed by atoms with van der Waals surface area (Å²) in [6.45, 7) is 4.25. The summed E-state index contributed by atoms with van der Waals surface area (Å²) in [6, 6.07) is 17.2. The lowest BCUT2D eigenvalue weighted by Gasteiger charge is -2.42. The van der Waals surface area contributed by atoms with Crippen LogP contribution in [0, 0.1) is 5.82 Å². The number of aromatic nitrogens is 4. The molecule has 46 heavy (non-hydrogen) atoms. The Balaban J connectivity index is 1.00. The van der Waals surface area contributed by atoms with Crippen LogP contribution in [0.2, 0.25) is 0 Å². The second-order valence-electron chi connectivity index (χ2n) is 12.8. The molecule has 0 spiro atoms. The van der Waals surface area contributed by atoms with E-state index in [2.05, 4.69) is 37.3 Å². The maximum atomic E-state index is 15.4. The Labute approximate surface area is 266 Å². The van der Waals surface area contributed by atoms with Gasteiger partial charge >= 0.3 is 5.97 Å². The number of rotatable bonds is 7. The van der Waals surface area contributed by atoms with Crippen LogP contribution in [0.4, 0.5) is 33.3 Å². The van der Waals surface area contributed by atoms with Crippen molar-refractivity contribution in [2.45, 2.75) is 56.5 Å². The second kappa shape index (κ2) is 11.6. The molecule has 9 rings (SSSR count).